The minimum atomic E-state index is -0.0564. The maximum absolute atomic E-state index is 11.3. The summed E-state index contributed by atoms with van der Waals surface area (Å²) in [4.78, 5) is 11.3. The highest BCUT2D eigenvalue weighted by Crippen LogP contribution is 2.23. The molecule has 0 aliphatic heterocycles. The Kier molecular flexibility index (Phi) is 4.88. The summed E-state index contributed by atoms with van der Waals surface area (Å²) in [5.74, 6) is 6.18. The number of ether oxygens (including phenoxy) is 1. The van der Waals surface area contributed by atoms with Gasteiger partial charge in [0.1, 0.15) is 5.75 Å². The standard InChI is InChI=1S/C13H13ClO2/c1-3-4-5-8-16-13-7-6-11(14)9-12(13)10(2)15/h6-7,9H,5,8H2,1-2H3. The van der Waals surface area contributed by atoms with Crippen molar-refractivity contribution in [2.45, 2.75) is 20.3 Å². The molecule has 0 N–H and O–H groups in total. The number of hydrogen-bond acceptors (Lipinski definition) is 2. The van der Waals surface area contributed by atoms with Crippen molar-refractivity contribution in [2.75, 3.05) is 6.61 Å². The molecule has 0 bridgehead atoms. The first-order chi connectivity index (χ1) is 7.65. The zero-order valence-corrected chi connectivity index (χ0v) is 10.1. The highest BCUT2D eigenvalue weighted by Gasteiger charge is 2.08. The molecule has 0 saturated heterocycles. The van der Waals surface area contributed by atoms with Crippen LogP contribution in [0.15, 0.2) is 18.2 Å². The van der Waals surface area contributed by atoms with Crippen LogP contribution in [-0.4, -0.2) is 12.4 Å². The third-order valence-corrected chi connectivity index (χ3v) is 2.22. The topological polar surface area (TPSA) is 26.3 Å². The average Bonchev–Trinajstić information content (AvgIpc) is 2.26. The number of carbonyl (C=O) groups is 1. The number of rotatable bonds is 4. The van der Waals surface area contributed by atoms with E-state index in [9.17, 15) is 4.79 Å². The van der Waals surface area contributed by atoms with Crippen molar-refractivity contribution < 1.29 is 9.53 Å². The monoisotopic (exact) mass is 236 g/mol. The van der Waals surface area contributed by atoms with Crippen molar-refractivity contribution in [1.82, 2.24) is 0 Å². The number of hydrogen-bond donors (Lipinski definition) is 0. The van der Waals surface area contributed by atoms with Crippen molar-refractivity contribution in [2.24, 2.45) is 0 Å². The van der Waals surface area contributed by atoms with Gasteiger partial charge in [-0.3, -0.25) is 4.79 Å². The molecule has 0 fully saturated rings. The van der Waals surface area contributed by atoms with Crippen molar-refractivity contribution >= 4 is 17.4 Å². The van der Waals surface area contributed by atoms with E-state index >= 15 is 0 Å². The van der Waals surface area contributed by atoms with Gasteiger partial charge in [0.05, 0.1) is 12.2 Å². The van der Waals surface area contributed by atoms with E-state index in [1.54, 1.807) is 25.1 Å². The molecule has 0 amide bonds. The second-order valence-electron chi connectivity index (χ2n) is 3.22. The van der Waals surface area contributed by atoms with Crippen LogP contribution in [0.1, 0.15) is 30.6 Å². The SMILES string of the molecule is CC#CCCOc1ccc(Cl)cc1C(C)=O. The Morgan fingerprint density at radius 1 is 1.50 bits per heavy atom. The second-order valence-corrected chi connectivity index (χ2v) is 3.66. The summed E-state index contributed by atoms with van der Waals surface area (Å²) in [6.07, 6.45) is 0.649. The van der Waals surface area contributed by atoms with Crippen LogP contribution in [0.4, 0.5) is 0 Å². The molecule has 1 rings (SSSR count). The summed E-state index contributed by atoms with van der Waals surface area (Å²) >= 11 is 5.81. The van der Waals surface area contributed by atoms with E-state index in [4.69, 9.17) is 16.3 Å². The molecule has 16 heavy (non-hydrogen) atoms. The van der Waals surface area contributed by atoms with Gasteiger partial charge in [-0.1, -0.05) is 11.6 Å². The fourth-order valence-corrected chi connectivity index (χ4v) is 1.41. The summed E-state index contributed by atoms with van der Waals surface area (Å²) in [7, 11) is 0. The van der Waals surface area contributed by atoms with Gasteiger partial charge in [-0.2, -0.15) is 0 Å². The van der Waals surface area contributed by atoms with E-state index in [1.165, 1.54) is 6.92 Å². The Bertz CT molecular complexity index is 441. The lowest BCUT2D eigenvalue weighted by Crippen LogP contribution is -2.02. The van der Waals surface area contributed by atoms with Crippen LogP contribution in [0.3, 0.4) is 0 Å². The molecule has 0 radical (unpaired) electrons. The fourth-order valence-electron chi connectivity index (χ4n) is 1.24. The van der Waals surface area contributed by atoms with Gasteiger partial charge in [0.15, 0.2) is 5.78 Å². The molecule has 0 unspecified atom stereocenters. The molecular formula is C13H13ClO2. The van der Waals surface area contributed by atoms with Crippen molar-refractivity contribution in [3.05, 3.63) is 28.8 Å². The summed E-state index contributed by atoms with van der Waals surface area (Å²) in [6, 6.07) is 5.03. The van der Waals surface area contributed by atoms with Gasteiger partial charge in [0.25, 0.3) is 0 Å². The number of ketones is 1. The molecule has 0 aliphatic carbocycles. The molecule has 0 heterocycles. The molecule has 0 saturated carbocycles. The maximum atomic E-state index is 11.3. The fraction of sp³-hybridized carbons (Fsp3) is 0.308. The van der Waals surface area contributed by atoms with Crippen molar-refractivity contribution in [3.63, 3.8) is 0 Å². The smallest absolute Gasteiger partial charge is 0.163 e. The Morgan fingerprint density at radius 2 is 2.25 bits per heavy atom. The summed E-state index contributed by atoms with van der Waals surface area (Å²) in [5.41, 5.74) is 0.511. The van der Waals surface area contributed by atoms with E-state index < -0.39 is 0 Å². The number of benzene rings is 1. The minimum Gasteiger partial charge on any atom is -0.492 e. The zero-order valence-electron chi connectivity index (χ0n) is 9.34. The largest absolute Gasteiger partial charge is 0.492 e. The highest BCUT2D eigenvalue weighted by molar-refractivity contribution is 6.31. The van der Waals surface area contributed by atoms with Crippen LogP contribution in [0.25, 0.3) is 0 Å². The number of Topliss-reactive ketones (excluding diaryl/α,β-unsaturated/α-hetero) is 1. The predicted octanol–water partition coefficient (Wildman–Crippen LogP) is 3.33. The molecule has 3 heteroatoms. The van der Waals surface area contributed by atoms with Gasteiger partial charge in [-0.25, -0.2) is 0 Å². The van der Waals surface area contributed by atoms with E-state index in [1.807, 2.05) is 0 Å². The molecule has 0 aromatic heterocycles. The zero-order chi connectivity index (χ0) is 12.0. The van der Waals surface area contributed by atoms with Crippen LogP contribution < -0.4 is 4.74 Å². The Morgan fingerprint density at radius 3 is 2.88 bits per heavy atom. The first-order valence-electron chi connectivity index (χ1n) is 4.98. The van der Waals surface area contributed by atoms with Crippen LogP contribution in [-0.2, 0) is 0 Å². The van der Waals surface area contributed by atoms with Crippen LogP contribution in [0.2, 0.25) is 5.02 Å². The third kappa shape index (κ3) is 3.60. The van der Waals surface area contributed by atoms with Gasteiger partial charge >= 0.3 is 0 Å². The molecule has 0 atom stereocenters. The van der Waals surface area contributed by atoms with Crippen LogP contribution >= 0.6 is 11.6 Å². The number of halogens is 1. The molecule has 0 aliphatic rings. The van der Waals surface area contributed by atoms with Gasteiger partial charge in [0, 0.05) is 11.4 Å². The van der Waals surface area contributed by atoms with Gasteiger partial charge in [0.2, 0.25) is 0 Å². The quantitative estimate of drug-likeness (QED) is 0.455. The molecule has 1 aromatic rings. The van der Waals surface area contributed by atoms with E-state index in [0.717, 1.165) is 0 Å². The average molecular weight is 237 g/mol. The lowest BCUT2D eigenvalue weighted by molar-refractivity contribution is 0.101. The molecule has 1 aromatic carbocycles. The highest BCUT2D eigenvalue weighted by atomic mass is 35.5. The lowest BCUT2D eigenvalue weighted by Gasteiger charge is -2.08. The Balaban J connectivity index is 2.77. The van der Waals surface area contributed by atoms with Gasteiger partial charge in [-0.05, 0) is 32.0 Å². The van der Waals surface area contributed by atoms with Crippen LogP contribution in [0.5, 0.6) is 5.75 Å². The first-order valence-corrected chi connectivity index (χ1v) is 5.36. The number of carbonyl (C=O) groups excluding carboxylic acids is 1. The van der Waals surface area contributed by atoms with Crippen molar-refractivity contribution in [3.8, 4) is 17.6 Å². The van der Waals surface area contributed by atoms with E-state index in [-0.39, 0.29) is 5.78 Å². The second kappa shape index (κ2) is 6.19. The lowest BCUT2D eigenvalue weighted by atomic mass is 10.1. The third-order valence-electron chi connectivity index (χ3n) is 1.98. The predicted molar refractivity (Wildman–Crippen MR) is 65.0 cm³/mol. The Labute approximate surface area is 101 Å². The van der Waals surface area contributed by atoms with Crippen LogP contribution in [0, 0.1) is 11.8 Å². The molecule has 84 valence electrons. The first kappa shape index (κ1) is 12.6. The molecule has 0 spiro atoms. The summed E-state index contributed by atoms with van der Waals surface area (Å²) in [5, 5.41) is 0.533. The molecular weight excluding hydrogens is 224 g/mol. The summed E-state index contributed by atoms with van der Waals surface area (Å²) in [6.45, 7) is 3.75. The summed E-state index contributed by atoms with van der Waals surface area (Å²) < 4.78 is 5.47. The van der Waals surface area contributed by atoms with Gasteiger partial charge in [-0.15, -0.1) is 11.8 Å². The van der Waals surface area contributed by atoms with E-state index in [0.29, 0.717) is 29.4 Å². The Hall–Kier alpha value is -1.46. The minimum absolute atomic E-state index is 0.0564. The molecule has 2 nitrogen and oxygen atoms in total. The van der Waals surface area contributed by atoms with Crippen molar-refractivity contribution in [1.29, 1.82) is 0 Å². The van der Waals surface area contributed by atoms with E-state index in [2.05, 4.69) is 11.8 Å². The van der Waals surface area contributed by atoms with Gasteiger partial charge < -0.3 is 4.74 Å². The maximum Gasteiger partial charge on any atom is 0.163 e. The normalized spacial score (nSPS) is 9.19.